The van der Waals surface area contributed by atoms with E-state index in [0.29, 0.717) is 5.69 Å². The Kier molecular flexibility index (Phi) is 3.77. The Morgan fingerprint density at radius 3 is 2.33 bits per heavy atom. The molecule has 1 unspecified atom stereocenters. The fourth-order valence-electron chi connectivity index (χ4n) is 0.951. The van der Waals surface area contributed by atoms with Crippen LogP contribution in [-0.4, -0.2) is 17.1 Å². The van der Waals surface area contributed by atoms with Gasteiger partial charge in [-0.05, 0) is 19.1 Å². The van der Waals surface area contributed by atoms with Gasteiger partial charge in [-0.3, -0.25) is 4.79 Å². The first-order valence-electron chi connectivity index (χ1n) is 4.05. The molecule has 0 saturated carbocycles. The number of nitrogens with one attached hydrogen (secondary N) is 1. The average molecular weight is 252 g/mol. The van der Waals surface area contributed by atoms with Gasteiger partial charge in [0.2, 0.25) is 0 Å². The third-order valence-corrected chi connectivity index (χ3v) is 2.29. The average Bonchev–Trinajstić information content (AvgIpc) is 2.13. The van der Waals surface area contributed by atoms with Crippen molar-refractivity contribution in [2.75, 3.05) is 5.32 Å². The van der Waals surface area contributed by atoms with E-state index in [0.717, 1.165) is 0 Å². The fourth-order valence-corrected chi connectivity index (χ4v) is 1.44. The summed E-state index contributed by atoms with van der Waals surface area (Å²) < 4.78 is 13.0. The zero-order chi connectivity index (χ0) is 11.6. The predicted molar refractivity (Wildman–Crippen MR) is 57.1 cm³/mol. The first-order valence-corrected chi connectivity index (χ1v) is 4.81. The molecular formula is C9H8Cl2FNO2. The molecule has 0 aromatic heterocycles. The van der Waals surface area contributed by atoms with Crippen LogP contribution in [0.15, 0.2) is 12.1 Å². The van der Waals surface area contributed by atoms with E-state index in [1.54, 1.807) is 0 Å². The highest BCUT2D eigenvalue weighted by atomic mass is 35.5. The molecule has 1 aromatic rings. The van der Waals surface area contributed by atoms with Gasteiger partial charge in [0.25, 0.3) is 0 Å². The molecule has 2 N–H and O–H groups in total. The number of rotatable bonds is 3. The Labute approximate surface area is 95.8 Å². The van der Waals surface area contributed by atoms with E-state index >= 15 is 0 Å². The third kappa shape index (κ3) is 2.97. The molecule has 1 rings (SSSR count). The number of anilines is 1. The van der Waals surface area contributed by atoms with Gasteiger partial charge < -0.3 is 10.4 Å². The number of benzene rings is 1. The van der Waals surface area contributed by atoms with Crippen LogP contribution in [0.5, 0.6) is 0 Å². The highest BCUT2D eigenvalue weighted by Gasteiger charge is 2.13. The summed E-state index contributed by atoms with van der Waals surface area (Å²) in [6.45, 7) is 1.45. The van der Waals surface area contributed by atoms with E-state index in [-0.39, 0.29) is 10.0 Å². The molecular weight excluding hydrogens is 244 g/mol. The van der Waals surface area contributed by atoms with Crippen LogP contribution < -0.4 is 5.32 Å². The summed E-state index contributed by atoms with van der Waals surface area (Å²) in [5.74, 6) is -1.74. The number of carboxylic acid groups (broad SMARTS) is 1. The molecule has 0 radical (unpaired) electrons. The molecule has 82 valence electrons. The maximum Gasteiger partial charge on any atom is 0.325 e. The first kappa shape index (κ1) is 12.1. The normalized spacial score (nSPS) is 12.3. The topological polar surface area (TPSA) is 49.3 Å². The molecule has 0 spiro atoms. The van der Waals surface area contributed by atoms with E-state index in [1.807, 2.05) is 0 Å². The van der Waals surface area contributed by atoms with Crippen molar-refractivity contribution in [1.82, 2.24) is 0 Å². The highest BCUT2D eigenvalue weighted by Crippen LogP contribution is 2.27. The Hall–Kier alpha value is -1.00. The number of hydrogen-bond acceptors (Lipinski definition) is 2. The van der Waals surface area contributed by atoms with Crippen molar-refractivity contribution >= 4 is 34.9 Å². The number of hydrogen-bond donors (Lipinski definition) is 2. The van der Waals surface area contributed by atoms with Crippen molar-refractivity contribution in [3.05, 3.63) is 28.0 Å². The van der Waals surface area contributed by atoms with Crippen LogP contribution >= 0.6 is 23.2 Å². The second-order valence-corrected chi connectivity index (χ2v) is 3.77. The molecule has 0 bridgehead atoms. The lowest BCUT2D eigenvalue weighted by Gasteiger charge is -2.11. The third-order valence-electron chi connectivity index (χ3n) is 1.74. The molecule has 0 aliphatic rings. The van der Waals surface area contributed by atoms with E-state index in [1.165, 1.54) is 19.1 Å². The molecule has 0 aliphatic carbocycles. The van der Waals surface area contributed by atoms with Gasteiger partial charge in [0.05, 0.1) is 10.0 Å². The lowest BCUT2D eigenvalue weighted by molar-refractivity contribution is -0.137. The molecule has 0 aliphatic heterocycles. The van der Waals surface area contributed by atoms with Crippen LogP contribution in [0.2, 0.25) is 10.0 Å². The molecule has 6 heteroatoms. The van der Waals surface area contributed by atoms with Gasteiger partial charge in [-0.2, -0.15) is 0 Å². The van der Waals surface area contributed by atoms with Gasteiger partial charge in [-0.25, -0.2) is 4.39 Å². The predicted octanol–water partition coefficient (Wildman–Crippen LogP) is 3.02. The van der Waals surface area contributed by atoms with Crippen molar-refractivity contribution in [2.45, 2.75) is 13.0 Å². The second kappa shape index (κ2) is 4.68. The van der Waals surface area contributed by atoms with Gasteiger partial charge in [0.15, 0.2) is 5.82 Å². The molecule has 0 amide bonds. The van der Waals surface area contributed by atoms with Crippen molar-refractivity contribution in [2.24, 2.45) is 0 Å². The fraction of sp³-hybridized carbons (Fsp3) is 0.222. The van der Waals surface area contributed by atoms with E-state index in [9.17, 15) is 9.18 Å². The summed E-state index contributed by atoms with van der Waals surface area (Å²) in [6.07, 6.45) is 0. The lowest BCUT2D eigenvalue weighted by Crippen LogP contribution is -2.25. The Morgan fingerprint density at radius 2 is 1.93 bits per heavy atom. The van der Waals surface area contributed by atoms with Crippen molar-refractivity contribution in [3.63, 3.8) is 0 Å². The van der Waals surface area contributed by atoms with Crippen LogP contribution in [0.25, 0.3) is 0 Å². The smallest absolute Gasteiger partial charge is 0.325 e. The lowest BCUT2D eigenvalue weighted by atomic mass is 10.2. The molecule has 0 heterocycles. The zero-order valence-electron chi connectivity index (χ0n) is 7.72. The SMILES string of the molecule is CC(Nc1cc(Cl)c(F)c(Cl)c1)C(=O)O. The second-order valence-electron chi connectivity index (χ2n) is 2.96. The molecule has 1 aromatic carbocycles. The number of carbonyl (C=O) groups is 1. The molecule has 1 atom stereocenters. The Bertz CT molecular complexity index is 375. The van der Waals surface area contributed by atoms with Gasteiger partial charge in [-0.15, -0.1) is 0 Å². The zero-order valence-corrected chi connectivity index (χ0v) is 9.23. The summed E-state index contributed by atoms with van der Waals surface area (Å²) in [4.78, 5) is 10.5. The molecule has 0 saturated heterocycles. The largest absolute Gasteiger partial charge is 0.480 e. The van der Waals surface area contributed by atoms with Crippen molar-refractivity contribution < 1.29 is 14.3 Å². The summed E-state index contributed by atoms with van der Waals surface area (Å²) >= 11 is 11.1. The Balaban J connectivity index is 2.92. The summed E-state index contributed by atoms with van der Waals surface area (Å²) in [5.41, 5.74) is 0.362. The molecule has 3 nitrogen and oxygen atoms in total. The van der Waals surface area contributed by atoms with E-state index in [4.69, 9.17) is 28.3 Å². The summed E-state index contributed by atoms with van der Waals surface area (Å²) in [7, 11) is 0. The minimum atomic E-state index is -1.02. The van der Waals surface area contributed by atoms with E-state index in [2.05, 4.69) is 5.32 Å². The van der Waals surface area contributed by atoms with Gasteiger partial charge in [-0.1, -0.05) is 23.2 Å². The number of carboxylic acids is 1. The van der Waals surface area contributed by atoms with Crippen LogP contribution in [0, 0.1) is 5.82 Å². The monoisotopic (exact) mass is 251 g/mol. The van der Waals surface area contributed by atoms with Crippen LogP contribution in [0.4, 0.5) is 10.1 Å². The summed E-state index contributed by atoms with van der Waals surface area (Å²) in [5, 5.41) is 10.9. The maximum absolute atomic E-state index is 13.0. The van der Waals surface area contributed by atoms with E-state index < -0.39 is 17.8 Å². The van der Waals surface area contributed by atoms with Gasteiger partial charge in [0.1, 0.15) is 6.04 Å². The minimum Gasteiger partial charge on any atom is -0.480 e. The molecule has 15 heavy (non-hydrogen) atoms. The number of aliphatic carboxylic acids is 1. The Morgan fingerprint density at radius 1 is 1.47 bits per heavy atom. The highest BCUT2D eigenvalue weighted by molar-refractivity contribution is 6.35. The first-order chi connectivity index (χ1) is 6.91. The van der Waals surface area contributed by atoms with Crippen LogP contribution in [0.3, 0.4) is 0 Å². The summed E-state index contributed by atoms with van der Waals surface area (Å²) in [6, 6.07) is 1.76. The van der Waals surface area contributed by atoms with Gasteiger partial charge in [0, 0.05) is 5.69 Å². The van der Waals surface area contributed by atoms with Gasteiger partial charge >= 0.3 is 5.97 Å². The van der Waals surface area contributed by atoms with Crippen LogP contribution in [-0.2, 0) is 4.79 Å². The van der Waals surface area contributed by atoms with Crippen molar-refractivity contribution in [1.29, 1.82) is 0 Å². The standard InChI is InChI=1S/C9H8Cl2FNO2/c1-4(9(14)15)13-5-2-6(10)8(12)7(11)3-5/h2-4,13H,1H3,(H,14,15). The van der Waals surface area contributed by atoms with Crippen molar-refractivity contribution in [3.8, 4) is 0 Å². The van der Waals surface area contributed by atoms with Crippen LogP contribution in [0.1, 0.15) is 6.92 Å². The maximum atomic E-state index is 13.0. The number of halogens is 3. The molecule has 0 fully saturated rings. The quantitative estimate of drug-likeness (QED) is 0.813. The minimum absolute atomic E-state index is 0.150.